The molecule has 2 heteroatoms. The SMILES string of the molecule is CC(C)CCCCCc1ccccc1OC(=O)c1ccccc1. The summed E-state index contributed by atoms with van der Waals surface area (Å²) in [6, 6.07) is 17.0. The topological polar surface area (TPSA) is 26.3 Å². The Labute approximate surface area is 139 Å². The number of hydrogen-bond donors (Lipinski definition) is 0. The van der Waals surface area contributed by atoms with Crippen molar-refractivity contribution in [3.8, 4) is 5.75 Å². The van der Waals surface area contributed by atoms with Gasteiger partial charge in [0.05, 0.1) is 5.56 Å². The standard InChI is InChI=1S/C21H26O2/c1-17(2)11-5-3-6-12-18-13-9-10-16-20(18)23-21(22)19-14-7-4-8-15-19/h4,7-10,13-17H,3,5-6,11-12H2,1-2H3. The summed E-state index contributed by atoms with van der Waals surface area (Å²) in [5.74, 6) is 1.16. The predicted molar refractivity (Wildman–Crippen MR) is 94.9 cm³/mol. The predicted octanol–water partition coefficient (Wildman–Crippen LogP) is 5.66. The lowest BCUT2D eigenvalue weighted by Gasteiger charge is -2.10. The van der Waals surface area contributed by atoms with Gasteiger partial charge in [0.2, 0.25) is 0 Å². The number of benzene rings is 2. The lowest BCUT2D eigenvalue weighted by atomic mass is 10.0. The number of esters is 1. The van der Waals surface area contributed by atoms with E-state index in [1.165, 1.54) is 19.3 Å². The fourth-order valence-corrected chi connectivity index (χ4v) is 2.59. The summed E-state index contributed by atoms with van der Waals surface area (Å²) in [6.07, 6.45) is 5.86. The molecule has 2 aromatic rings. The normalized spacial score (nSPS) is 10.7. The highest BCUT2D eigenvalue weighted by molar-refractivity contribution is 5.91. The van der Waals surface area contributed by atoms with Crippen LogP contribution in [0.25, 0.3) is 0 Å². The molecule has 23 heavy (non-hydrogen) atoms. The highest BCUT2D eigenvalue weighted by atomic mass is 16.5. The average Bonchev–Trinajstić information content (AvgIpc) is 2.56. The van der Waals surface area contributed by atoms with Gasteiger partial charge in [-0.05, 0) is 42.5 Å². The molecule has 2 rings (SSSR count). The largest absolute Gasteiger partial charge is 0.423 e. The van der Waals surface area contributed by atoms with E-state index in [4.69, 9.17) is 4.74 Å². The number of aryl methyl sites for hydroxylation is 1. The second-order valence-corrected chi connectivity index (χ2v) is 6.36. The summed E-state index contributed by atoms with van der Waals surface area (Å²) in [7, 11) is 0. The molecular formula is C21H26O2. The van der Waals surface area contributed by atoms with E-state index in [9.17, 15) is 4.79 Å². The monoisotopic (exact) mass is 310 g/mol. The smallest absolute Gasteiger partial charge is 0.343 e. The number of ether oxygens (including phenoxy) is 1. The summed E-state index contributed by atoms with van der Waals surface area (Å²) in [5.41, 5.74) is 1.69. The van der Waals surface area contributed by atoms with Gasteiger partial charge in [0, 0.05) is 0 Å². The van der Waals surface area contributed by atoms with E-state index >= 15 is 0 Å². The van der Waals surface area contributed by atoms with E-state index in [1.54, 1.807) is 12.1 Å². The van der Waals surface area contributed by atoms with E-state index in [0.717, 1.165) is 24.3 Å². The molecule has 0 aliphatic rings. The molecule has 0 atom stereocenters. The summed E-state index contributed by atoms with van der Waals surface area (Å²) in [5, 5.41) is 0. The third-order valence-electron chi connectivity index (χ3n) is 3.91. The molecule has 0 aliphatic heterocycles. The molecule has 0 fully saturated rings. The Balaban J connectivity index is 1.91. The van der Waals surface area contributed by atoms with Gasteiger partial charge in [-0.1, -0.05) is 69.5 Å². The first kappa shape index (κ1) is 17.3. The van der Waals surface area contributed by atoms with Crippen LogP contribution in [0.3, 0.4) is 0 Å². The lowest BCUT2D eigenvalue weighted by Crippen LogP contribution is -2.09. The van der Waals surface area contributed by atoms with Crippen LogP contribution in [0.1, 0.15) is 55.5 Å². The summed E-state index contributed by atoms with van der Waals surface area (Å²) in [4.78, 5) is 12.2. The van der Waals surface area contributed by atoms with Gasteiger partial charge >= 0.3 is 5.97 Å². The molecule has 0 amide bonds. The first-order valence-corrected chi connectivity index (χ1v) is 8.52. The maximum Gasteiger partial charge on any atom is 0.343 e. The Morgan fingerprint density at radius 1 is 0.913 bits per heavy atom. The molecule has 0 bridgehead atoms. The van der Waals surface area contributed by atoms with Crippen molar-refractivity contribution in [3.63, 3.8) is 0 Å². The molecule has 2 nitrogen and oxygen atoms in total. The summed E-state index contributed by atoms with van der Waals surface area (Å²) < 4.78 is 5.59. The second-order valence-electron chi connectivity index (χ2n) is 6.36. The molecule has 0 saturated carbocycles. The van der Waals surface area contributed by atoms with Gasteiger partial charge in [0.15, 0.2) is 0 Å². The minimum absolute atomic E-state index is 0.294. The average molecular weight is 310 g/mol. The fraction of sp³-hybridized carbons (Fsp3) is 0.381. The third-order valence-corrected chi connectivity index (χ3v) is 3.91. The number of para-hydroxylation sites is 1. The van der Waals surface area contributed by atoms with Crippen LogP contribution >= 0.6 is 0 Å². The van der Waals surface area contributed by atoms with Gasteiger partial charge < -0.3 is 4.74 Å². The van der Waals surface area contributed by atoms with Crippen LogP contribution in [-0.4, -0.2) is 5.97 Å². The number of unbranched alkanes of at least 4 members (excludes halogenated alkanes) is 2. The number of carbonyl (C=O) groups excluding carboxylic acids is 1. The summed E-state index contributed by atoms with van der Waals surface area (Å²) in [6.45, 7) is 4.52. The second kappa shape index (κ2) is 9.14. The Bertz CT molecular complexity index is 602. The first-order valence-electron chi connectivity index (χ1n) is 8.52. The van der Waals surface area contributed by atoms with Crippen LogP contribution in [-0.2, 0) is 6.42 Å². The fourth-order valence-electron chi connectivity index (χ4n) is 2.59. The van der Waals surface area contributed by atoms with Crippen molar-refractivity contribution >= 4 is 5.97 Å². The van der Waals surface area contributed by atoms with Crippen LogP contribution in [0, 0.1) is 5.92 Å². The molecule has 0 unspecified atom stereocenters. The molecule has 0 saturated heterocycles. The highest BCUT2D eigenvalue weighted by Gasteiger charge is 2.10. The Morgan fingerprint density at radius 3 is 2.35 bits per heavy atom. The molecule has 122 valence electrons. The molecular weight excluding hydrogens is 284 g/mol. The van der Waals surface area contributed by atoms with Gasteiger partial charge in [-0.3, -0.25) is 0 Å². The van der Waals surface area contributed by atoms with E-state index in [1.807, 2.05) is 36.4 Å². The zero-order chi connectivity index (χ0) is 16.5. The molecule has 2 aromatic carbocycles. The Kier molecular flexibility index (Phi) is 6.86. The maximum atomic E-state index is 12.2. The van der Waals surface area contributed by atoms with Crippen molar-refractivity contribution in [1.29, 1.82) is 0 Å². The van der Waals surface area contributed by atoms with Gasteiger partial charge in [0.1, 0.15) is 5.75 Å². The Hall–Kier alpha value is -2.09. The van der Waals surface area contributed by atoms with Crippen molar-refractivity contribution in [3.05, 3.63) is 65.7 Å². The van der Waals surface area contributed by atoms with Crippen LogP contribution in [0.5, 0.6) is 5.75 Å². The highest BCUT2D eigenvalue weighted by Crippen LogP contribution is 2.22. The van der Waals surface area contributed by atoms with Crippen molar-refractivity contribution < 1.29 is 9.53 Å². The van der Waals surface area contributed by atoms with Crippen molar-refractivity contribution in [1.82, 2.24) is 0 Å². The van der Waals surface area contributed by atoms with Gasteiger partial charge in [-0.2, -0.15) is 0 Å². The van der Waals surface area contributed by atoms with Gasteiger partial charge in [-0.15, -0.1) is 0 Å². The maximum absolute atomic E-state index is 12.2. The van der Waals surface area contributed by atoms with E-state index in [2.05, 4.69) is 19.9 Å². The number of hydrogen-bond acceptors (Lipinski definition) is 2. The first-order chi connectivity index (χ1) is 11.2. The quantitative estimate of drug-likeness (QED) is 0.357. The van der Waals surface area contributed by atoms with Crippen molar-refractivity contribution in [2.45, 2.75) is 46.0 Å². The van der Waals surface area contributed by atoms with Crippen LogP contribution in [0.15, 0.2) is 54.6 Å². The zero-order valence-electron chi connectivity index (χ0n) is 14.1. The summed E-state index contributed by atoms with van der Waals surface area (Å²) >= 11 is 0. The third kappa shape index (κ3) is 5.90. The molecule has 0 spiro atoms. The van der Waals surface area contributed by atoms with Crippen LogP contribution in [0.4, 0.5) is 0 Å². The molecule has 0 heterocycles. The molecule has 0 radical (unpaired) electrons. The zero-order valence-corrected chi connectivity index (χ0v) is 14.1. The van der Waals surface area contributed by atoms with E-state index in [-0.39, 0.29) is 5.97 Å². The molecule has 0 aromatic heterocycles. The van der Waals surface area contributed by atoms with Gasteiger partial charge in [0.25, 0.3) is 0 Å². The minimum atomic E-state index is -0.294. The van der Waals surface area contributed by atoms with Crippen molar-refractivity contribution in [2.75, 3.05) is 0 Å². The minimum Gasteiger partial charge on any atom is -0.423 e. The van der Waals surface area contributed by atoms with Crippen molar-refractivity contribution in [2.24, 2.45) is 5.92 Å². The number of carbonyl (C=O) groups is 1. The van der Waals surface area contributed by atoms with Gasteiger partial charge in [-0.25, -0.2) is 4.79 Å². The van der Waals surface area contributed by atoms with E-state index in [0.29, 0.717) is 11.3 Å². The number of rotatable bonds is 8. The van der Waals surface area contributed by atoms with Crippen LogP contribution < -0.4 is 4.74 Å². The van der Waals surface area contributed by atoms with E-state index < -0.39 is 0 Å². The Morgan fingerprint density at radius 2 is 1.61 bits per heavy atom. The molecule has 0 N–H and O–H groups in total. The lowest BCUT2D eigenvalue weighted by molar-refractivity contribution is 0.0733. The molecule has 0 aliphatic carbocycles. The van der Waals surface area contributed by atoms with Crippen LogP contribution in [0.2, 0.25) is 0 Å².